The third-order valence-electron chi connectivity index (χ3n) is 3.58. The van der Waals surface area contributed by atoms with Crippen molar-refractivity contribution in [2.75, 3.05) is 5.75 Å². The van der Waals surface area contributed by atoms with Crippen molar-refractivity contribution in [1.29, 1.82) is 0 Å². The molecule has 0 radical (unpaired) electrons. The van der Waals surface area contributed by atoms with Gasteiger partial charge in [-0.3, -0.25) is 0 Å². The Morgan fingerprint density at radius 1 is 1.05 bits per heavy atom. The van der Waals surface area contributed by atoms with E-state index in [2.05, 4.69) is 28.6 Å². The Hall–Kier alpha value is -0.880. The van der Waals surface area contributed by atoms with Gasteiger partial charge in [0.25, 0.3) is 0 Å². The molecule has 5 nitrogen and oxygen atoms in total. The molecule has 0 aliphatic carbocycles. The molecular weight excluding hydrogens is 288 g/mol. The van der Waals surface area contributed by atoms with Crippen LogP contribution in [0.3, 0.4) is 0 Å². The molecule has 0 amide bonds. The van der Waals surface area contributed by atoms with Gasteiger partial charge >= 0.3 is 0 Å². The second kappa shape index (κ2) is 9.95. The van der Waals surface area contributed by atoms with Crippen LogP contribution in [0.5, 0.6) is 0 Å². The van der Waals surface area contributed by atoms with E-state index in [0.29, 0.717) is 12.8 Å². The average molecular weight is 316 g/mol. The molecule has 0 aliphatic heterocycles. The minimum Gasteiger partial charge on any atom is -0.748 e. The lowest BCUT2D eigenvalue weighted by Gasteiger charge is -2.04. The molecule has 0 unspecified atom stereocenters. The molecule has 0 saturated carbocycles. The van der Waals surface area contributed by atoms with Crippen LogP contribution < -0.4 is 4.57 Å². The molecule has 0 aliphatic rings. The highest BCUT2D eigenvalue weighted by Gasteiger charge is 2.04. The first-order valence-corrected chi connectivity index (χ1v) is 9.57. The van der Waals surface area contributed by atoms with Gasteiger partial charge in [-0.05, 0) is 25.7 Å². The Morgan fingerprint density at radius 3 is 2.48 bits per heavy atom. The van der Waals surface area contributed by atoms with E-state index in [-0.39, 0.29) is 5.75 Å². The fourth-order valence-corrected chi connectivity index (χ4v) is 2.91. The number of imidazole rings is 1. The van der Waals surface area contributed by atoms with E-state index in [1.54, 1.807) is 0 Å². The highest BCUT2D eigenvalue weighted by atomic mass is 32.2. The number of rotatable bonds is 12. The van der Waals surface area contributed by atoms with Gasteiger partial charge in [0.2, 0.25) is 6.33 Å². The molecule has 0 N–H and O–H groups in total. The standard InChI is InChI=1S/C15H28N2O3S/c1-2-3-4-5-6-7-10-16-12-13-17(15-16)11-8-9-14-21(18,19)20/h12-13,15H,2-11,14H2,1H3. The minimum atomic E-state index is -4.06. The van der Waals surface area contributed by atoms with Crippen LogP contribution in [0.2, 0.25) is 0 Å². The smallest absolute Gasteiger partial charge is 0.243 e. The van der Waals surface area contributed by atoms with Crippen molar-refractivity contribution >= 4 is 10.1 Å². The summed E-state index contributed by atoms with van der Waals surface area (Å²) < 4.78 is 35.7. The van der Waals surface area contributed by atoms with Crippen LogP contribution in [0.1, 0.15) is 58.3 Å². The van der Waals surface area contributed by atoms with E-state index in [4.69, 9.17) is 0 Å². The Labute approximate surface area is 128 Å². The van der Waals surface area contributed by atoms with Crippen molar-refractivity contribution in [3.63, 3.8) is 0 Å². The summed E-state index contributed by atoms with van der Waals surface area (Å²) in [6.45, 7) is 4.03. The van der Waals surface area contributed by atoms with Crippen LogP contribution in [-0.4, -0.2) is 23.3 Å². The van der Waals surface area contributed by atoms with Crippen LogP contribution in [-0.2, 0) is 23.2 Å². The summed E-state index contributed by atoms with van der Waals surface area (Å²) in [7, 11) is -4.06. The van der Waals surface area contributed by atoms with Gasteiger partial charge in [-0.15, -0.1) is 0 Å². The molecule has 122 valence electrons. The molecule has 0 aromatic carbocycles. The van der Waals surface area contributed by atoms with E-state index in [1.165, 1.54) is 38.5 Å². The number of aromatic nitrogens is 2. The second-order valence-electron chi connectivity index (χ2n) is 5.63. The summed E-state index contributed by atoms with van der Waals surface area (Å²) in [5.41, 5.74) is 0. The monoisotopic (exact) mass is 316 g/mol. The average Bonchev–Trinajstić information content (AvgIpc) is 2.86. The van der Waals surface area contributed by atoms with Gasteiger partial charge < -0.3 is 4.55 Å². The van der Waals surface area contributed by atoms with Gasteiger partial charge in [-0.25, -0.2) is 17.6 Å². The van der Waals surface area contributed by atoms with Crippen molar-refractivity contribution in [3.8, 4) is 0 Å². The van der Waals surface area contributed by atoms with Crippen LogP contribution in [0.15, 0.2) is 18.7 Å². The Morgan fingerprint density at radius 2 is 1.76 bits per heavy atom. The first-order valence-electron chi connectivity index (χ1n) is 7.99. The van der Waals surface area contributed by atoms with Gasteiger partial charge in [-0.2, -0.15) is 0 Å². The first-order chi connectivity index (χ1) is 10.0. The van der Waals surface area contributed by atoms with Crippen molar-refractivity contribution < 1.29 is 17.5 Å². The summed E-state index contributed by atoms with van der Waals surface area (Å²) in [5, 5.41) is 0. The number of nitrogens with zero attached hydrogens (tertiary/aromatic N) is 2. The van der Waals surface area contributed by atoms with E-state index in [1.807, 2.05) is 6.20 Å². The molecule has 0 spiro atoms. The quantitative estimate of drug-likeness (QED) is 0.338. The van der Waals surface area contributed by atoms with Crippen molar-refractivity contribution in [3.05, 3.63) is 18.7 Å². The lowest BCUT2D eigenvalue weighted by Crippen LogP contribution is -2.30. The molecule has 0 atom stereocenters. The molecular formula is C15H28N2O3S. The first kappa shape index (κ1) is 18.2. The molecule has 1 aromatic rings. The zero-order chi connectivity index (χ0) is 15.6. The van der Waals surface area contributed by atoms with E-state index >= 15 is 0 Å². The Bertz CT molecular complexity index is 483. The van der Waals surface area contributed by atoms with Gasteiger partial charge in [0.15, 0.2) is 0 Å². The molecule has 1 rings (SSSR count). The molecule has 21 heavy (non-hydrogen) atoms. The van der Waals surface area contributed by atoms with Crippen molar-refractivity contribution in [2.24, 2.45) is 0 Å². The van der Waals surface area contributed by atoms with Gasteiger partial charge in [0.1, 0.15) is 12.4 Å². The molecule has 0 saturated heterocycles. The maximum Gasteiger partial charge on any atom is 0.243 e. The molecule has 1 heterocycles. The molecule has 0 bridgehead atoms. The van der Waals surface area contributed by atoms with Crippen LogP contribution in [0, 0.1) is 0 Å². The third-order valence-corrected chi connectivity index (χ3v) is 4.37. The lowest BCUT2D eigenvalue weighted by molar-refractivity contribution is -0.696. The molecule has 0 fully saturated rings. The summed E-state index contributed by atoms with van der Waals surface area (Å²) in [6.07, 6.45) is 15.0. The number of hydrogen-bond acceptors (Lipinski definition) is 3. The predicted molar refractivity (Wildman–Crippen MR) is 81.8 cm³/mol. The highest BCUT2D eigenvalue weighted by molar-refractivity contribution is 7.85. The fraction of sp³-hybridized carbons (Fsp3) is 0.800. The largest absolute Gasteiger partial charge is 0.748 e. The summed E-state index contributed by atoms with van der Waals surface area (Å²) in [6, 6.07) is 0. The molecule has 6 heteroatoms. The second-order valence-corrected chi connectivity index (χ2v) is 7.15. The number of unbranched alkanes of at least 4 members (excludes halogenated alkanes) is 6. The zero-order valence-corrected chi connectivity index (χ0v) is 13.9. The number of aryl methyl sites for hydroxylation is 2. The van der Waals surface area contributed by atoms with Gasteiger partial charge in [0.05, 0.1) is 23.2 Å². The van der Waals surface area contributed by atoms with Gasteiger partial charge in [-0.1, -0.05) is 32.6 Å². The Balaban J connectivity index is 2.12. The van der Waals surface area contributed by atoms with E-state index in [0.717, 1.165) is 13.1 Å². The SMILES string of the molecule is CCCCCCCC[n+]1ccn(CCCCS(=O)(=O)[O-])c1. The highest BCUT2D eigenvalue weighted by Crippen LogP contribution is 2.04. The van der Waals surface area contributed by atoms with Crippen LogP contribution in [0.4, 0.5) is 0 Å². The van der Waals surface area contributed by atoms with Crippen LogP contribution in [0.25, 0.3) is 0 Å². The predicted octanol–water partition coefficient (Wildman–Crippen LogP) is 2.46. The Kier molecular flexibility index (Phi) is 8.61. The van der Waals surface area contributed by atoms with E-state index in [9.17, 15) is 13.0 Å². The topological polar surface area (TPSA) is 66.0 Å². The lowest BCUT2D eigenvalue weighted by atomic mass is 10.1. The summed E-state index contributed by atoms with van der Waals surface area (Å²) >= 11 is 0. The zero-order valence-electron chi connectivity index (χ0n) is 13.0. The maximum absolute atomic E-state index is 10.5. The van der Waals surface area contributed by atoms with Crippen molar-refractivity contribution in [1.82, 2.24) is 4.57 Å². The normalized spacial score (nSPS) is 11.9. The number of hydrogen-bond donors (Lipinski definition) is 0. The van der Waals surface area contributed by atoms with Crippen LogP contribution >= 0.6 is 0 Å². The maximum atomic E-state index is 10.5. The van der Waals surface area contributed by atoms with E-state index < -0.39 is 10.1 Å². The fourth-order valence-electron chi connectivity index (χ4n) is 2.35. The summed E-state index contributed by atoms with van der Waals surface area (Å²) in [4.78, 5) is 0. The molecule has 1 aromatic heterocycles. The van der Waals surface area contributed by atoms with Gasteiger partial charge in [0, 0.05) is 5.75 Å². The third kappa shape index (κ3) is 9.63. The summed E-state index contributed by atoms with van der Waals surface area (Å²) in [5.74, 6) is -0.258. The van der Waals surface area contributed by atoms with Crippen molar-refractivity contribution in [2.45, 2.75) is 71.4 Å². The minimum absolute atomic E-state index is 0.258.